The summed E-state index contributed by atoms with van der Waals surface area (Å²) in [6.07, 6.45) is 4.45. The first-order chi connectivity index (χ1) is 15.0. The fourth-order valence-corrected chi connectivity index (χ4v) is 3.92. The number of likely N-dealkylation sites (tertiary alicyclic amines) is 1. The molecular weight excluding hydrogens is 394 g/mol. The Morgan fingerprint density at radius 2 is 1.58 bits per heavy atom. The number of aryl methyl sites for hydroxylation is 1. The third kappa shape index (κ3) is 4.66. The zero-order valence-electron chi connectivity index (χ0n) is 17.9. The van der Waals surface area contributed by atoms with Crippen LogP contribution in [-0.2, 0) is 0 Å². The number of urea groups is 1. The first-order valence-electron chi connectivity index (χ1n) is 10.6. The third-order valence-electron chi connectivity index (χ3n) is 5.59. The van der Waals surface area contributed by atoms with Gasteiger partial charge in [0.25, 0.3) is 5.91 Å². The van der Waals surface area contributed by atoms with Crippen LogP contribution in [0.15, 0.2) is 46.9 Å². The molecule has 162 valence electrons. The molecule has 0 radical (unpaired) electrons. The van der Waals surface area contributed by atoms with Gasteiger partial charge in [0, 0.05) is 29.9 Å². The molecule has 7 nitrogen and oxygen atoms in total. The highest BCUT2D eigenvalue weighted by Gasteiger charge is 2.19. The number of carbonyl (C=O) groups excluding carboxylic acids is 2. The van der Waals surface area contributed by atoms with Crippen LogP contribution >= 0.6 is 0 Å². The Kier molecular flexibility index (Phi) is 6.11. The number of amides is 3. The number of methoxy groups -OCH3 is 1. The zero-order valence-corrected chi connectivity index (χ0v) is 17.9. The summed E-state index contributed by atoms with van der Waals surface area (Å²) in [5, 5.41) is 6.55. The van der Waals surface area contributed by atoms with E-state index in [1.54, 1.807) is 56.5 Å². The zero-order chi connectivity index (χ0) is 21.8. The predicted octanol–water partition coefficient (Wildman–Crippen LogP) is 5.41. The van der Waals surface area contributed by atoms with Crippen molar-refractivity contribution in [3.05, 3.63) is 53.8 Å². The maximum absolute atomic E-state index is 12.9. The van der Waals surface area contributed by atoms with Crippen LogP contribution in [0, 0.1) is 6.92 Å². The van der Waals surface area contributed by atoms with E-state index >= 15 is 0 Å². The lowest BCUT2D eigenvalue weighted by atomic mass is 10.1. The van der Waals surface area contributed by atoms with Crippen molar-refractivity contribution in [3.8, 4) is 5.75 Å². The second-order valence-electron chi connectivity index (χ2n) is 7.76. The van der Waals surface area contributed by atoms with E-state index in [2.05, 4.69) is 10.6 Å². The molecule has 1 aliphatic heterocycles. The summed E-state index contributed by atoms with van der Waals surface area (Å²) < 4.78 is 11.0. The maximum Gasteiger partial charge on any atom is 0.321 e. The minimum Gasteiger partial charge on any atom is -0.497 e. The molecule has 3 aromatic rings. The van der Waals surface area contributed by atoms with Crippen molar-refractivity contribution in [2.24, 2.45) is 0 Å². The van der Waals surface area contributed by atoms with E-state index in [9.17, 15) is 9.59 Å². The molecule has 3 amide bonds. The summed E-state index contributed by atoms with van der Waals surface area (Å²) in [6.45, 7) is 3.36. The highest BCUT2D eigenvalue weighted by atomic mass is 16.5. The second kappa shape index (κ2) is 9.12. The standard InChI is InChI=1S/C24H27N3O4/c1-16-22(20-15-19(30-2)11-12-21(20)31-16)23(28)25-17-7-9-18(10-8-17)26-24(29)27-13-5-3-4-6-14-27/h7-12,15H,3-6,13-14H2,1-2H3,(H,25,28)(H,26,29). The normalized spacial score (nSPS) is 14.2. The number of anilines is 2. The topological polar surface area (TPSA) is 83.8 Å². The van der Waals surface area contributed by atoms with Gasteiger partial charge in [0.1, 0.15) is 17.1 Å². The van der Waals surface area contributed by atoms with E-state index < -0.39 is 0 Å². The highest BCUT2D eigenvalue weighted by Crippen LogP contribution is 2.29. The van der Waals surface area contributed by atoms with Crippen molar-refractivity contribution in [2.75, 3.05) is 30.8 Å². The number of benzene rings is 2. The lowest BCUT2D eigenvalue weighted by molar-refractivity contribution is 0.102. The van der Waals surface area contributed by atoms with E-state index in [-0.39, 0.29) is 11.9 Å². The first kappa shape index (κ1) is 20.8. The number of hydrogen-bond donors (Lipinski definition) is 2. The molecule has 7 heteroatoms. The Morgan fingerprint density at radius 3 is 2.23 bits per heavy atom. The smallest absolute Gasteiger partial charge is 0.321 e. The Morgan fingerprint density at radius 1 is 0.935 bits per heavy atom. The number of nitrogens with one attached hydrogen (secondary N) is 2. The van der Waals surface area contributed by atoms with Gasteiger partial charge in [-0.05, 0) is 62.2 Å². The van der Waals surface area contributed by atoms with Crippen LogP contribution in [0.5, 0.6) is 5.75 Å². The molecule has 2 N–H and O–H groups in total. The molecular formula is C24H27N3O4. The largest absolute Gasteiger partial charge is 0.497 e. The summed E-state index contributed by atoms with van der Waals surface area (Å²) in [5.74, 6) is 0.944. The predicted molar refractivity (Wildman–Crippen MR) is 121 cm³/mol. The molecule has 0 saturated carbocycles. The van der Waals surface area contributed by atoms with Gasteiger partial charge < -0.3 is 24.7 Å². The number of carbonyl (C=O) groups is 2. The minimum absolute atomic E-state index is 0.0758. The average Bonchev–Trinajstić information content (AvgIpc) is 2.93. The Bertz CT molecular complexity index is 1080. The molecule has 1 aromatic heterocycles. The minimum atomic E-state index is -0.258. The van der Waals surface area contributed by atoms with Crippen LogP contribution in [0.4, 0.5) is 16.2 Å². The van der Waals surface area contributed by atoms with Gasteiger partial charge in [-0.2, -0.15) is 0 Å². The Labute approximate surface area is 181 Å². The van der Waals surface area contributed by atoms with Gasteiger partial charge in [-0.25, -0.2) is 4.79 Å². The number of fused-ring (bicyclic) bond motifs is 1. The van der Waals surface area contributed by atoms with Gasteiger partial charge in [-0.3, -0.25) is 4.79 Å². The molecule has 4 rings (SSSR count). The van der Waals surface area contributed by atoms with Crippen molar-refractivity contribution < 1.29 is 18.7 Å². The van der Waals surface area contributed by atoms with Gasteiger partial charge in [-0.1, -0.05) is 12.8 Å². The quantitative estimate of drug-likeness (QED) is 0.590. The molecule has 2 aromatic carbocycles. The lowest BCUT2D eigenvalue weighted by Crippen LogP contribution is -2.35. The van der Waals surface area contributed by atoms with Crippen LogP contribution in [0.2, 0.25) is 0 Å². The number of ether oxygens (including phenoxy) is 1. The number of nitrogens with zero attached hydrogens (tertiary/aromatic N) is 1. The van der Waals surface area contributed by atoms with Gasteiger partial charge in [0.2, 0.25) is 0 Å². The van der Waals surface area contributed by atoms with Gasteiger partial charge in [-0.15, -0.1) is 0 Å². The number of rotatable bonds is 4. The van der Waals surface area contributed by atoms with E-state index in [1.807, 2.05) is 4.90 Å². The molecule has 1 aliphatic rings. The van der Waals surface area contributed by atoms with Crippen molar-refractivity contribution in [2.45, 2.75) is 32.6 Å². The number of furan rings is 1. The van der Waals surface area contributed by atoms with Crippen molar-refractivity contribution >= 4 is 34.3 Å². The third-order valence-corrected chi connectivity index (χ3v) is 5.59. The lowest BCUT2D eigenvalue weighted by Gasteiger charge is -2.20. The van der Waals surface area contributed by atoms with Gasteiger partial charge >= 0.3 is 6.03 Å². The fourth-order valence-electron chi connectivity index (χ4n) is 3.92. The summed E-state index contributed by atoms with van der Waals surface area (Å²) in [6, 6.07) is 12.4. The molecule has 2 heterocycles. The maximum atomic E-state index is 12.9. The van der Waals surface area contributed by atoms with Crippen LogP contribution in [-0.4, -0.2) is 37.0 Å². The van der Waals surface area contributed by atoms with E-state index in [4.69, 9.17) is 9.15 Å². The molecule has 0 unspecified atom stereocenters. The van der Waals surface area contributed by atoms with Crippen LogP contribution in [0.25, 0.3) is 11.0 Å². The van der Waals surface area contributed by atoms with Crippen molar-refractivity contribution in [1.82, 2.24) is 4.90 Å². The molecule has 0 spiro atoms. The van der Waals surface area contributed by atoms with E-state index in [0.29, 0.717) is 39.4 Å². The van der Waals surface area contributed by atoms with Gasteiger partial charge in [0.05, 0.1) is 12.7 Å². The molecule has 31 heavy (non-hydrogen) atoms. The summed E-state index contributed by atoms with van der Waals surface area (Å²) in [7, 11) is 1.58. The van der Waals surface area contributed by atoms with E-state index in [1.165, 1.54) is 12.8 Å². The highest BCUT2D eigenvalue weighted by molar-refractivity contribution is 6.13. The molecule has 0 aliphatic carbocycles. The fraction of sp³-hybridized carbons (Fsp3) is 0.333. The van der Waals surface area contributed by atoms with Crippen LogP contribution in [0.1, 0.15) is 41.8 Å². The molecule has 0 bridgehead atoms. The van der Waals surface area contributed by atoms with Gasteiger partial charge in [0.15, 0.2) is 0 Å². The SMILES string of the molecule is COc1ccc2oc(C)c(C(=O)Nc3ccc(NC(=O)N4CCCCCC4)cc3)c2c1. The van der Waals surface area contributed by atoms with Crippen LogP contribution < -0.4 is 15.4 Å². The molecule has 1 fully saturated rings. The first-order valence-corrected chi connectivity index (χ1v) is 10.6. The van der Waals surface area contributed by atoms with Crippen molar-refractivity contribution in [1.29, 1.82) is 0 Å². The number of hydrogen-bond acceptors (Lipinski definition) is 4. The monoisotopic (exact) mass is 421 g/mol. The summed E-state index contributed by atoms with van der Waals surface area (Å²) >= 11 is 0. The molecule has 0 atom stereocenters. The summed E-state index contributed by atoms with van der Waals surface area (Å²) in [5.41, 5.74) is 2.44. The second-order valence-corrected chi connectivity index (χ2v) is 7.76. The summed E-state index contributed by atoms with van der Waals surface area (Å²) in [4.78, 5) is 27.3. The van der Waals surface area contributed by atoms with E-state index in [0.717, 1.165) is 25.9 Å². The molecule has 1 saturated heterocycles. The Balaban J connectivity index is 1.44. The Hall–Kier alpha value is -3.48. The van der Waals surface area contributed by atoms with Crippen molar-refractivity contribution in [3.63, 3.8) is 0 Å². The average molecular weight is 421 g/mol. The van der Waals surface area contributed by atoms with Crippen LogP contribution in [0.3, 0.4) is 0 Å².